The van der Waals surface area contributed by atoms with Crippen molar-refractivity contribution in [3.8, 4) is 11.5 Å². The number of aromatic nitrogens is 2. The third-order valence-corrected chi connectivity index (χ3v) is 7.23. The Labute approximate surface area is 205 Å². The van der Waals surface area contributed by atoms with Gasteiger partial charge in [-0.2, -0.15) is 13.5 Å². The molecule has 0 saturated heterocycles. The van der Waals surface area contributed by atoms with Gasteiger partial charge in [-0.05, 0) is 23.8 Å². The lowest BCUT2D eigenvalue weighted by Gasteiger charge is -2.20. The maximum Gasteiger partial charge on any atom is 0.247 e. The largest absolute Gasteiger partial charge is 0.495 e. The summed E-state index contributed by atoms with van der Waals surface area (Å²) in [5.41, 5.74) is 1.37. The normalized spacial score (nSPS) is 12.3. The fourth-order valence-corrected chi connectivity index (χ4v) is 5.49. The molecule has 34 heavy (non-hydrogen) atoms. The van der Waals surface area contributed by atoms with Gasteiger partial charge in [0.15, 0.2) is 0 Å². The molecule has 1 unspecified atom stereocenters. The summed E-state index contributed by atoms with van der Waals surface area (Å²) in [4.78, 5) is 13.3. The molecule has 0 aliphatic carbocycles. The Morgan fingerprint density at radius 1 is 1.00 bits per heavy atom. The van der Waals surface area contributed by atoms with E-state index in [4.69, 9.17) is 21.1 Å². The monoisotopic (exact) mass is 518 g/mol. The number of anilines is 1. The van der Waals surface area contributed by atoms with Gasteiger partial charge in [-0.1, -0.05) is 48.0 Å². The van der Waals surface area contributed by atoms with Crippen LogP contribution < -0.4 is 19.5 Å². The lowest BCUT2D eigenvalue weighted by molar-refractivity contribution is -0.117. The van der Waals surface area contributed by atoms with Gasteiger partial charge in [-0.25, -0.2) is 8.42 Å². The van der Waals surface area contributed by atoms with E-state index in [1.54, 1.807) is 42.5 Å². The van der Waals surface area contributed by atoms with Crippen LogP contribution in [0.15, 0.2) is 65.6 Å². The zero-order valence-electron chi connectivity index (χ0n) is 18.0. The molecule has 0 bridgehead atoms. The lowest BCUT2D eigenvalue weighted by Crippen LogP contribution is -2.37. The molecule has 1 aromatic heterocycles. The van der Waals surface area contributed by atoms with Gasteiger partial charge < -0.3 is 14.8 Å². The van der Waals surface area contributed by atoms with Gasteiger partial charge >= 0.3 is 0 Å². The van der Waals surface area contributed by atoms with E-state index in [1.165, 1.54) is 32.4 Å². The molecular formula is C22H19ClN4O5S2. The van der Waals surface area contributed by atoms with Crippen molar-refractivity contribution in [3.05, 3.63) is 71.2 Å². The van der Waals surface area contributed by atoms with Gasteiger partial charge in [0.25, 0.3) is 0 Å². The zero-order valence-corrected chi connectivity index (χ0v) is 20.4. The Kier molecular flexibility index (Phi) is 6.98. The topological polar surface area (TPSA) is 120 Å². The molecule has 1 amide bonds. The van der Waals surface area contributed by atoms with Gasteiger partial charge in [0.05, 0.1) is 36.7 Å². The molecule has 3 aromatic carbocycles. The first-order valence-corrected chi connectivity index (χ1v) is 12.4. The van der Waals surface area contributed by atoms with Crippen LogP contribution in [-0.4, -0.2) is 37.3 Å². The number of sulfonamides is 1. The van der Waals surface area contributed by atoms with E-state index >= 15 is 0 Å². The average Bonchev–Trinajstić information content (AvgIpc) is 3.32. The molecule has 1 atom stereocenters. The van der Waals surface area contributed by atoms with Crippen molar-refractivity contribution < 1.29 is 22.7 Å². The number of amides is 1. The second-order valence-electron chi connectivity index (χ2n) is 7.03. The summed E-state index contributed by atoms with van der Waals surface area (Å²) in [5, 5.41) is 2.95. The SMILES string of the molecule is COc1cc(OC)c(NC(=O)C(NS(=O)(=O)c2cccc3nsnc23)c2ccccc2)cc1Cl. The van der Waals surface area contributed by atoms with Gasteiger partial charge in [0.1, 0.15) is 33.5 Å². The summed E-state index contributed by atoms with van der Waals surface area (Å²) in [7, 11) is -1.28. The van der Waals surface area contributed by atoms with Crippen molar-refractivity contribution in [1.82, 2.24) is 13.5 Å². The molecular weight excluding hydrogens is 500 g/mol. The van der Waals surface area contributed by atoms with Crippen molar-refractivity contribution in [2.75, 3.05) is 19.5 Å². The predicted octanol–water partition coefficient (Wildman–Crippen LogP) is 4.02. The number of nitrogens with zero attached hydrogens (tertiary/aromatic N) is 2. The number of hydrogen-bond donors (Lipinski definition) is 2. The van der Waals surface area contributed by atoms with Crippen LogP contribution in [0.25, 0.3) is 11.0 Å². The fraction of sp³-hybridized carbons (Fsp3) is 0.136. The number of methoxy groups -OCH3 is 2. The fourth-order valence-electron chi connectivity index (χ4n) is 3.30. The minimum Gasteiger partial charge on any atom is -0.495 e. The predicted molar refractivity (Wildman–Crippen MR) is 130 cm³/mol. The number of ether oxygens (including phenoxy) is 2. The highest BCUT2D eigenvalue weighted by Crippen LogP contribution is 2.36. The van der Waals surface area contributed by atoms with Gasteiger partial charge in [-0.3, -0.25) is 4.79 Å². The Morgan fingerprint density at radius 3 is 2.44 bits per heavy atom. The van der Waals surface area contributed by atoms with E-state index in [2.05, 4.69) is 18.8 Å². The molecule has 0 aliphatic heterocycles. The minimum atomic E-state index is -4.16. The summed E-state index contributed by atoms with van der Waals surface area (Å²) in [6.07, 6.45) is 0. The highest BCUT2D eigenvalue weighted by molar-refractivity contribution is 7.89. The summed E-state index contributed by atoms with van der Waals surface area (Å²) in [6, 6.07) is 14.9. The van der Waals surface area contributed by atoms with Crippen molar-refractivity contribution in [1.29, 1.82) is 0 Å². The van der Waals surface area contributed by atoms with E-state index in [0.29, 0.717) is 22.6 Å². The van der Waals surface area contributed by atoms with Crippen molar-refractivity contribution >= 4 is 56.0 Å². The lowest BCUT2D eigenvalue weighted by atomic mass is 10.1. The molecule has 176 valence electrons. The maximum atomic E-state index is 13.4. The van der Waals surface area contributed by atoms with Crippen LogP contribution in [0.1, 0.15) is 11.6 Å². The van der Waals surface area contributed by atoms with Crippen LogP contribution >= 0.6 is 23.3 Å². The standard InChI is InChI=1S/C22H19ClN4O5S2/c1-31-17-12-18(32-2)16(11-14(17)23)24-22(28)20(13-7-4-3-5-8-13)27-34(29,30)19-10-6-9-15-21(19)26-33-25-15/h3-12,20,27H,1-2H3,(H,24,28). The highest BCUT2D eigenvalue weighted by Gasteiger charge is 2.30. The van der Waals surface area contributed by atoms with Crippen LogP contribution in [0.5, 0.6) is 11.5 Å². The third-order valence-electron chi connectivity index (χ3n) is 4.94. The maximum absolute atomic E-state index is 13.4. The molecule has 0 spiro atoms. The summed E-state index contributed by atoms with van der Waals surface area (Å²) >= 11 is 7.12. The Hall–Kier alpha value is -3.25. The number of hydrogen-bond acceptors (Lipinski definition) is 8. The Morgan fingerprint density at radius 2 is 1.74 bits per heavy atom. The number of halogens is 1. The van der Waals surface area contributed by atoms with E-state index in [0.717, 1.165) is 11.7 Å². The second kappa shape index (κ2) is 9.94. The molecule has 4 rings (SSSR count). The first-order chi connectivity index (χ1) is 16.3. The smallest absolute Gasteiger partial charge is 0.247 e. The molecule has 0 fully saturated rings. The van der Waals surface area contributed by atoms with E-state index in [9.17, 15) is 13.2 Å². The molecule has 12 heteroatoms. The van der Waals surface area contributed by atoms with Gasteiger partial charge in [-0.15, -0.1) is 0 Å². The van der Waals surface area contributed by atoms with Crippen LogP contribution in [-0.2, 0) is 14.8 Å². The first-order valence-electron chi connectivity index (χ1n) is 9.85. The second-order valence-corrected chi connectivity index (χ2v) is 9.65. The highest BCUT2D eigenvalue weighted by atomic mass is 35.5. The molecule has 1 heterocycles. The number of fused-ring (bicyclic) bond motifs is 1. The third kappa shape index (κ3) is 4.82. The van der Waals surface area contributed by atoms with Crippen molar-refractivity contribution in [2.24, 2.45) is 0 Å². The van der Waals surface area contributed by atoms with Crippen LogP contribution in [0.4, 0.5) is 5.69 Å². The quantitative estimate of drug-likeness (QED) is 0.361. The van der Waals surface area contributed by atoms with Crippen molar-refractivity contribution in [2.45, 2.75) is 10.9 Å². The van der Waals surface area contributed by atoms with E-state index in [-0.39, 0.29) is 21.1 Å². The van der Waals surface area contributed by atoms with Gasteiger partial charge in [0.2, 0.25) is 15.9 Å². The number of nitrogens with one attached hydrogen (secondary N) is 2. The van der Waals surface area contributed by atoms with E-state index in [1.807, 2.05) is 0 Å². The Bertz CT molecular complexity index is 1440. The summed E-state index contributed by atoms with van der Waals surface area (Å²) in [5.74, 6) is 0.0160. The number of carbonyl (C=O) groups excluding carboxylic acids is 1. The van der Waals surface area contributed by atoms with Crippen LogP contribution in [0.3, 0.4) is 0 Å². The zero-order chi connectivity index (χ0) is 24.3. The van der Waals surface area contributed by atoms with Crippen LogP contribution in [0.2, 0.25) is 5.02 Å². The molecule has 0 aliphatic rings. The number of carbonyl (C=O) groups is 1. The molecule has 9 nitrogen and oxygen atoms in total. The molecule has 2 N–H and O–H groups in total. The van der Waals surface area contributed by atoms with Gasteiger partial charge in [0, 0.05) is 6.07 Å². The summed E-state index contributed by atoms with van der Waals surface area (Å²) < 4.78 is 47.9. The minimum absolute atomic E-state index is 0.0717. The Balaban J connectivity index is 1.71. The van der Waals surface area contributed by atoms with Crippen molar-refractivity contribution in [3.63, 3.8) is 0 Å². The van der Waals surface area contributed by atoms with E-state index < -0.39 is 22.0 Å². The summed E-state index contributed by atoms with van der Waals surface area (Å²) in [6.45, 7) is 0. The molecule has 0 saturated carbocycles. The number of benzene rings is 3. The average molecular weight is 519 g/mol. The molecule has 4 aromatic rings. The van der Waals surface area contributed by atoms with Crippen LogP contribution in [0, 0.1) is 0 Å². The number of rotatable bonds is 8. The molecule has 0 radical (unpaired) electrons. The first kappa shape index (κ1) is 23.9.